The molecule has 2 aromatic rings. The Labute approximate surface area is 92.4 Å². The zero-order valence-electron chi connectivity index (χ0n) is 8.38. The summed E-state index contributed by atoms with van der Waals surface area (Å²) in [5.41, 5.74) is 6.06. The van der Waals surface area contributed by atoms with Crippen molar-refractivity contribution in [3.05, 3.63) is 42.6 Å². The van der Waals surface area contributed by atoms with Gasteiger partial charge in [0.2, 0.25) is 0 Å². The third kappa shape index (κ3) is 2.33. The molecule has 0 saturated heterocycles. The maximum absolute atomic E-state index is 9.49. The van der Waals surface area contributed by atoms with Gasteiger partial charge in [0.05, 0.1) is 5.69 Å². The van der Waals surface area contributed by atoms with Crippen LogP contribution in [0.2, 0.25) is 0 Å². The summed E-state index contributed by atoms with van der Waals surface area (Å²) >= 11 is 0. The lowest BCUT2D eigenvalue weighted by atomic mass is 10.3. The molecule has 4 N–H and O–H groups in total. The average Bonchev–Trinajstić information content (AvgIpc) is 2.29. The zero-order chi connectivity index (χ0) is 11.4. The van der Waals surface area contributed by atoms with E-state index in [4.69, 9.17) is 5.11 Å². The highest BCUT2D eigenvalue weighted by molar-refractivity contribution is 5.60. The molecule has 0 unspecified atom stereocenters. The van der Waals surface area contributed by atoms with Crippen LogP contribution in [-0.2, 0) is 0 Å². The molecule has 5 nitrogen and oxygen atoms in total. The van der Waals surface area contributed by atoms with Crippen LogP contribution < -0.4 is 10.9 Å². The first-order valence-electron chi connectivity index (χ1n) is 4.71. The second-order valence-corrected chi connectivity index (χ2v) is 3.17. The van der Waals surface area contributed by atoms with Crippen molar-refractivity contribution in [3.8, 4) is 11.5 Å². The van der Waals surface area contributed by atoms with Crippen LogP contribution in [0, 0.1) is 0 Å². The molecule has 0 bridgehead atoms. The molecule has 0 radical (unpaired) electrons. The Balaban J connectivity index is 2.05. The summed E-state index contributed by atoms with van der Waals surface area (Å²) in [4.78, 5) is 4.04. The fourth-order valence-electron chi connectivity index (χ4n) is 1.19. The molecule has 0 fully saturated rings. The molecule has 0 atom stereocenters. The number of hydrogen-bond acceptors (Lipinski definition) is 5. The van der Waals surface area contributed by atoms with Crippen LogP contribution in [0.3, 0.4) is 0 Å². The lowest BCUT2D eigenvalue weighted by Crippen LogP contribution is -2.09. The molecule has 1 aromatic carbocycles. The van der Waals surface area contributed by atoms with Gasteiger partial charge in [-0.25, -0.2) is 4.98 Å². The van der Waals surface area contributed by atoms with Gasteiger partial charge >= 0.3 is 0 Å². The van der Waals surface area contributed by atoms with E-state index in [9.17, 15) is 5.11 Å². The predicted molar refractivity (Wildman–Crippen MR) is 61.3 cm³/mol. The molecule has 1 aromatic heterocycles. The number of hydrazine groups is 1. The molecular formula is C11H11N3O2. The van der Waals surface area contributed by atoms with E-state index in [0.717, 1.165) is 0 Å². The second kappa shape index (κ2) is 4.39. The Morgan fingerprint density at radius 2 is 1.88 bits per heavy atom. The van der Waals surface area contributed by atoms with E-state index < -0.39 is 0 Å². The first-order chi connectivity index (χ1) is 7.75. The van der Waals surface area contributed by atoms with E-state index >= 15 is 0 Å². The monoisotopic (exact) mass is 217 g/mol. The van der Waals surface area contributed by atoms with Crippen LogP contribution in [0.4, 0.5) is 11.5 Å². The molecule has 2 rings (SSSR count). The molecule has 16 heavy (non-hydrogen) atoms. The summed E-state index contributed by atoms with van der Waals surface area (Å²) in [7, 11) is 0. The highest BCUT2D eigenvalue weighted by atomic mass is 16.3. The minimum atomic E-state index is -0.0385. The fraction of sp³-hybridized carbons (Fsp3) is 0. The predicted octanol–water partition coefficient (Wildman–Crippen LogP) is 1.93. The SMILES string of the molecule is Oc1ccc(NNc2ccccn2)c(O)c1. The molecule has 0 amide bonds. The van der Waals surface area contributed by atoms with Gasteiger partial charge in [-0.2, -0.15) is 0 Å². The van der Waals surface area contributed by atoms with Crippen LogP contribution in [0.15, 0.2) is 42.6 Å². The van der Waals surface area contributed by atoms with Gasteiger partial charge in [0.15, 0.2) is 0 Å². The number of rotatable bonds is 3. The van der Waals surface area contributed by atoms with Crippen molar-refractivity contribution in [2.45, 2.75) is 0 Å². The molecule has 0 aliphatic carbocycles. The molecule has 0 aliphatic heterocycles. The Bertz CT molecular complexity index is 474. The normalized spacial score (nSPS) is 9.75. The van der Waals surface area contributed by atoms with Gasteiger partial charge in [-0.15, -0.1) is 0 Å². The van der Waals surface area contributed by atoms with Crippen LogP contribution in [0.5, 0.6) is 11.5 Å². The van der Waals surface area contributed by atoms with Crippen molar-refractivity contribution in [3.63, 3.8) is 0 Å². The van der Waals surface area contributed by atoms with Gasteiger partial charge in [0, 0.05) is 12.3 Å². The fourth-order valence-corrected chi connectivity index (χ4v) is 1.19. The molecule has 0 spiro atoms. The molecule has 0 saturated carbocycles. The maximum atomic E-state index is 9.49. The van der Waals surface area contributed by atoms with Crippen molar-refractivity contribution in [2.24, 2.45) is 0 Å². The van der Waals surface area contributed by atoms with Crippen LogP contribution >= 0.6 is 0 Å². The first kappa shape index (κ1) is 10.1. The second-order valence-electron chi connectivity index (χ2n) is 3.17. The zero-order valence-corrected chi connectivity index (χ0v) is 8.38. The van der Waals surface area contributed by atoms with Gasteiger partial charge in [0.25, 0.3) is 0 Å². The highest BCUT2D eigenvalue weighted by Crippen LogP contribution is 2.26. The van der Waals surface area contributed by atoms with Crippen molar-refractivity contribution in [1.82, 2.24) is 4.98 Å². The quantitative estimate of drug-likeness (QED) is 0.359. The van der Waals surface area contributed by atoms with Crippen molar-refractivity contribution < 1.29 is 10.2 Å². The third-order valence-electron chi connectivity index (χ3n) is 1.97. The number of aromatic nitrogens is 1. The summed E-state index contributed by atoms with van der Waals surface area (Å²) in [6.07, 6.45) is 1.65. The lowest BCUT2D eigenvalue weighted by molar-refractivity contribution is 0.452. The Morgan fingerprint density at radius 1 is 1.00 bits per heavy atom. The van der Waals surface area contributed by atoms with Crippen LogP contribution in [0.1, 0.15) is 0 Å². The van der Waals surface area contributed by atoms with Crippen molar-refractivity contribution in [1.29, 1.82) is 0 Å². The minimum absolute atomic E-state index is 0.0147. The van der Waals surface area contributed by atoms with E-state index in [1.54, 1.807) is 18.3 Å². The summed E-state index contributed by atoms with van der Waals surface area (Å²) in [5.74, 6) is 0.610. The summed E-state index contributed by atoms with van der Waals surface area (Å²) < 4.78 is 0. The number of pyridine rings is 1. The number of hydrogen-bond donors (Lipinski definition) is 4. The number of anilines is 2. The van der Waals surface area contributed by atoms with Gasteiger partial charge in [-0.05, 0) is 24.3 Å². The number of nitrogens with zero attached hydrogens (tertiary/aromatic N) is 1. The standard InChI is InChI=1S/C11H11N3O2/c15-8-4-5-9(10(16)7-8)13-14-11-3-1-2-6-12-11/h1-7,13,15-16H,(H,12,14). The third-order valence-corrected chi connectivity index (χ3v) is 1.97. The number of phenols is 2. The Kier molecular flexibility index (Phi) is 2.77. The van der Waals surface area contributed by atoms with E-state index in [-0.39, 0.29) is 11.5 Å². The van der Waals surface area contributed by atoms with E-state index in [2.05, 4.69) is 15.8 Å². The number of aromatic hydroxyl groups is 2. The van der Waals surface area contributed by atoms with Crippen molar-refractivity contribution in [2.75, 3.05) is 10.9 Å². The van der Waals surface area contributed by atoms with Gasteiger partial charge in [0.1, 0.15) is 17.3 Å². The molecular weight excluding hydrogens is 206 g/mol. The minimum Gasteiger partial charge on any atom is -0.508 e. The molecule has 5 heteroatoms. The highest BCUT2D eigenvalue weighted by Gasteiger charge is 2.01. The van der Waals surface area contributed by atoms with E-state index in [0.29, 0.717) is 11.5 Å². The topological polar surface area (TPSA) is 77.4 Å². The Hall–Kier alpha value is -2.43. The molecule has 82 valence electrons. The summed E-state index contributed by atoms with van der Waals surface area (Å²) in [5, 5.41) is 18.6. The Morgan fingerprint density at radius 3 is 2.56 bits per heavy atom. The van der Waals surface area contributed by atoms with Crippen molar-refractivity contribution >= 4 is 11.5 Å². The van der Waals surface area contributed by atoms with Gasteiger partial charge in [-0.1, -0.05) is 6.07 Å². The lowest BCUT2D eigenvalue weighted by Gasteiger charge is -2.10. The average molecular weight is 217 g/mol. The van der Waals surface area contributed by atoms with Gasteiger partial charge < -0.3 is 10.2 Å². The van der Waals surface area contributed by atoms with E-state index in [1.807, 2.05) is 12.1 Å². The largest absolute Gasteiger partial charge is 0.508 e. The van der Waals surface area contributed by atoms with Crippen LogP contribution in [0.25, 0.3) is 0 Å². The van der Waals surface area contributed by atoms with Gasteiger partial charge in [-0.3, -0.25) is 10.9 Å². The number of nitrogens with one attached hydrogen (secondary N) is 2. The van der Waals surface area contributed by atoms with E-state index in [1.165, 1.54) is 12.1 Å². The maximum Gasteiger partial charge on any atom is 0.144 e. The summed E-state index contributed by atoms with van der Waals surface area (Å²) in [6, 6.07) is 9.71. The summed E-state index contributed by atoms with van der Waals surface area (Å²) in [6.45, 7) is 0. The van der Waals surface area contributed by atoms with Crippen LogP contribution in [-0.4, -0.2) is 15.2 Å². The molecule has 0 aliphatic rings. The first-order valence-corrected chi connectivity index (χ1v) is 4.71. The number of phenolic OH excluding ortho intramolecular Hbond substituents is 2. The molecule has 1 heterocycles. The smallest absolute Gasteiger partial charge is 0.144 e. The number of benzene rings is 1.